The van der Waals surface area contributed by atoms with Gasteiger partial charge < -0.3 is 18.4 Å². The first-order valence-electron chi connectivity index (χ1n) is 17.4. The van der Waals surface area contributed by atoms with E-state index in [1.165, 1.54) is 73.8 Å². The SMILES string of the molecule is C[Si](C)(CCc1ccc(CC[Si](C)(C)O[Si](C)(C)CCC2CCCC(O)C2)cc1)O[Si](C)(C)CCC1CCC(O)CC1. The van der Waals surface area contributed by atoms with Crippen LogP contribution < -0.4 is 0 Å². The van der Waals surface area contributed by atoms with Gasteiger partial charge in [-0.05, 0) is 151 Å². The van der Waals surface area contributed by atoms with E-state index in [1.54, 1.807) is 0 Å². The van der Waals surface area contributed by atoms with E-state index in [1.807, 2.05) is 0 Å². The highest BCUT2D eigenvalue weighted by Gasteiger charge is 2.35. The minimum Gasteiger partial charge on any atom is -0.455 e. The molecule has 4 nitrogen and oxygen atoms in total. The molecule has 8 heteroatoms. The molecule has 0 bridgehead atoms. The fourth-order valence-corrected chi connectivity index (χ4v) is 25.1. The summed E-state index contributed by atoms with van der Waals surface area (Å²) in [7, 11) is -6.80. The van der Waals surface area contributed by atoms with Gasteiger partial charge in [0, 0.05) is 0 Å². The van der Waals surface area contributed by atoms with Crippen LogP contribution in [0.3, 0.4) is 0 Å². The third-order valence-corrected chi connectivity index (χ3v) is 24.8. The predicted molar refractivity (Wildman–Crippen MR) is 190 cm³/mol. The average molecular weight is 651 g/mol. The Bertz CT molecular complexity index is 926. The molecule has 42 heavy (non-hydrogen) atoms. The van der Waals surface area contributed by atoms with Gasteiger partial charge in [-0.3, -0.25) is 0 Å². The second kappa shape index (κ2) is 16.0. The molecular weight excluding hydrogens is 585 g/mol. The van der Waals surface area contributed by atoms with Gasteiger partial charge in [-0.25, -0.2) is 0 Å². The van der Waals surface area contributed by atoms with Crippen molar-refractivity contribution in [3.8, 4) is 0 Å². The Morgan fingerprint density at radius 2 is 0.976 bits per heavy atom. The molecule has 1 aromatic rings. The van der Waals surface area contributed by atoms with Crippen LogP contribution in [0.25, 0.3) is 0 Å². The molecule has 2 aliphatic rings. The second-order valence-electron chi connectivity index (χ2n) is 16.5. The molecule has 0 aromatic heterocycles. The van der Waals surface area contributed by atoms with Crippen molar-refractivity contribution in [2.75, 3.05) is 0 Å². The predicted octanol–water partition coefficient (Wildman–Crippen LogP) is 9.51. The third-order valence-electron chi connectivity index (χ3n) is 10.0. The van der Waals surface area contributed by atoms with E-state index in [0.717, 1.165) is 44.4 Å². The van der Waals surface area contributed by atoms with Gasteiger partial charge in [0.1, 0.15) is 0 Å². The van der Waals surface area contributed by atoms with E-state index >= 15 is 0 Å². The van der Waals surface area contributed by atoms with E-state index in [0.29, 0.717) is 5.92 Å². The van der Waals surface area contributed by atoms with Crippen LogP contribution >= 0.6 is 0 Å². The molecule has 0 aliphatic heterocycles. The lowest BCUT2D eigenvalue weighted by atomic mass is 9.86. The summed E-state index contributed by atoms with van der Waals surface area (Å²) >= 11 is 0. The van der Waals surface area contributed by atoms with E-state index in [9.17, 15) is 10.2 Å². The first-order chi connectivity index (χ1) is 19.5. The Balaban J connectivity index is 1.38. The van der Waals surface area contributed by atoms with Crippen molar-refractivity contribution in [3.63, 3.8) is 0 Å². The van der Waals surface area contributed by atoms with Crippen molar-refractivity contribution in [2.24, 2.45) is 11.8 Å². The van der Waals surface area contributed by atoms with Gasteiger partial charge in [0.15, 0.2) is 33.3 Å². The van der Waals surface area contributed by atoms with Gasteiger partial charge in [0.25, 0.3) is 0 Å². The van der Waals surface area contributed by atoms with Crippen molar-refractivity contribution in [3.05, 3.63) is 35.4 Å². The number of aliphatic hydroxyl groups is 2. The summed E-state index contributed by atoms with van der Waals surface area (Å²) in [4.78, 5) is 0. The van der Waals surface area contributed by atoms with Gasteiger partial charge in [-0.1, -0.05) is 49.9 Å². The summed E-state index contributed by atoms with van der Waals surface area (Å²) in [5.41, 5.74) is 2.88. The molecule has 2 atom stereocenters. The normalized spacial score (nSPS) is 24.6. The molecule has 2 aliphatic carbocycles. The summed E-state index contributed by atoms with van der Waals surface area (Å²) in [6.07, 6.45) is 13.5. The molecule has 242 valence electrons. The molecule has 0 saturated heterocycles. The summed E-state index contributed by atoms with van der Waals surface area (Å²) in [5, 5.41) is 19.8. The number of hydrogen-bond donors (Lipinski definition) is 2. The lowest BCUT2D eigenvalue weighted by Gasteiger charge is -2.36. The van der Waals surface area contributed by atoms with Gasteiger partial charge in [0.05, 0.1) is 12.2 Å². The zero-order valence-corrected chi connectivity index (χ0v) is 32.6. The number of aryl methyl sites for hydroxylation is 2. The lowest BCUT2D eigenvalue weighted by Crippen LogP contribution is -2.44. The summed E-state index contributed by atoms with van der Waals surface area (Å²) < 4.78 is 13.9. The number of hydrogen-bond acceptors (Lipinski definition) is 4. The van der Waals surface area contributed by atoms with Crippen LogP contribution in [0, 0.1) is 11.8 Å². The van der Waals surface area contributed by atoms with Crippen molar-refractivity contribution in [2.45, 2.75) is 166 Å². The Labute approximate surface area is 263 Å². The van der Waals surface area contributed by atoms with E-state index in [-0.39, 0.29) is 12.2 Å². The molecule has 3 rings (SSSR count). The van der Waals surface area contributed by atoms with Crippen molar-refractivity contribution >= 4 is 33.3 Å². The molecule has 0 radical (unpaired) electrons. The minimum absolute atomic E-state index is 0.0527. The van der Waals surface area contributed by atoms with Crippen LogP contribution in [-0.4, -0.2) is 55.7 Å². The largest absolute Gasteiger partial charge is 0.455 e. The third kappa shape index (κ3) is 13.9. The monoisotopic (exact) mass is 650 g/mol. The van der Waals surface area contributed by atoms with E-state index in [4.69, 9.17) is 8.23 Å². The van der Waals surface area contributed by atoms with Gasteiger partial charge in [0.2, 0.25) is 0 Å². The molecule has 0 amide bonds. The van der Waals surface area contributed by atoms with Crippen LogP contribution in [-0.2, 0) is 21.1 Å². The van der Waals surface area contributed by atoms with Gasteiger partial charge in [-0.15, -0.1) is 0 Å². The van der Waals surface area contributed by atoms with Crippen LogP contribution in [0.1, 0.15) is 75.3 Å². The summed E-state index contributed by atoms with van der Waals surface area (Å²) in [5.74, 6) is 1.49. The summed E-state index contributed by atoms with van der Waals surface area (Å²) in [6.45, 7) is 19.3. The van der Waals surface area contributed by atoms with Crippen LogP contribution in [0.4, 0.5) is 0 Å². The Morgan fingerprint density at radius 3 is 1.43 bits per heavy atom. The first kappa shape index (κ1) is 36.4. The molecule has 0 heterocycles. The Morgan fingerprint density at radius 1 is 0.548 bits per heavy atom. The standard InChI is InChI=1S/C34H66O4Si4/c1-39(2,37-41(5,6)26-22-31-16-18-33(35)19-17-31)24-20-29-12-14-30(15-13-29)21-25-40(3,4)38-42(7,8)27-23-32-10-9-11-34(36)28-32/h12-15,31-36H,9-11,16-28H2,1-8H3. The van der Waals surface area contributed by atoms with Crippen LogP contribution in [0.5, 0.6) is 0 Å². The molecule has 2 saturated carbocycles. The Hall–Kier alpha value is -0.0725. The number of rotatable bonds is 16. The van der Waals surface area contributed by atoms with Crippen LogP contribution in [0.15, 0.2) is 24.3 Å². The maximum absolute atomic E-state index is 10.0. The van der Waals surface area contributed by atoms with Gasteiger partial charge in [-0.2, -0.15) is 0 Å². The topological polar surface area (TPSA) is 58.9 Å². The van der Waals surface area contributed by atoms with Crippen LogP contribution in [0.2, 0.25) is 76.6 Å². The molecule has 2 N–H and O–H groups in total. The maximum Gasteiger partial charge on any atom is 0.173 e. The molecule has 1 aromatic carbocycles. The zero-order valence-electron chi connectivity index (χ0n) is 28.6. The van der Waals surface area contributed by atoms with Crippen molar-refractivity contribution in [1.29, 1.82) is 0 Å². The first-order valence-corrected chi connectivity index (χ1v) is 29.8. The quantitative estimate of drug-likeness (QED) is 0.175. The fourth-order valence-electron chi connectivity index (χ4n) is 7.53. The highest BCUT2D eigenvalue weighted by molar-refractivity contribution is 6.85. The number of benzene rings is 1. The van der Waals surface area contributed by atoms with Crippen molar-refractivity contribution in [1.82, 2.24) is 0 Å². The lowest BCUT2D eigenvalue weighted by molar-refractivity contribution is 0.0995. The minimum atomic E-state index is -1.73. The molecule has 2 unspecified atom stereocenters. The van der Waals surface area contributed by atoms with E-state index in [2.05, 4.69) is 76.6 Å². The zero-order chi connectivity index (χ0) is 31.0. The van der Waals surface area contributed by atoms with Crippen molar-refractivity contribution < 1.29 is 18.4 Å². The van der Waals surface area contributed by atoms with E-state index < -0.39 is 33.3 Å². The molecular formula is C34H66O4Si4. The highest BCUT2D eigenvalue weighted by Crippen LogP contribution is 2.33. The second-order valence-corrected chi connectivity index (χ2v) is 34.2. The Kier molecular flexibility index (Phi) is 13.8. The molecule has 0 spiro atoms. The summed E-state index contributed by atoms with van der Waals surface area (Å²) in [6, 6.07) is 14.3. The average Bonchev–Trinajstić information content (AvgIpc) is 2.89. The van der Waals surface area contributed by atoms with Gasteiger partial charge >= 0.3 is 0 Å². The number of aliphatic hydroxyl groups excluding tert-OH is 2. The highest BCUT2D eigenvalue weighted by atomic mass is 28.4. The fraction of sp³-hybridized carbons (Fsp3) is 0.824. The molecule has 2 fully saturated rings. The smallest absolute Gasteiger partial charge is 0.173 e. The maximum atomic E-state index is 10.0.